The Bertz CT molecular complexity index is 601. The highest BCUT2D eigenvalue weighted by Gasteiger charge is 2.23. The smallest absolute Gasteiger partial charge is 0.320 e. The maximum absolute atomic E-state index is 11.1. The van der Waals surface area contributed by atoms with Crippen molar-refractivity contribution in [3.05, 3.63) is 48.0 Å². The first kappa shape index (κ1) is 11.7. The summed E-state index contributed by atoms with van der Waals surface area (Å²) in [5, 5.41) is 8.57. The summed E-state index contributed by atoms with van der Waals surface area (Å²) in [7, 11) is 0. The van der Waals surface area contributed by atoms with Crippen LogP contribution in [0.5, 0.6) is 0 Å². The van der Waals surface area contributed by atoms with Gasteiger partial charge in [-0.3, -0.25) is 0 Å². The summed E-state index contributed by atoms with van der Waals surface area (Å²) in [6.07, 6.45) is 6.15. The molecular weight excluding hydrogens is 238 g/mol. The molecule has 1 aliphatic carbocycles. The molecule has 2 amide bonds. The van der Waals surface area contributed by atoms with Gasteiger partial charge in [-0.1, -0.05) is 31.1 Å². The predicted molar refractivity (Wildman–Crippen MR) is 73.5 cm³/mol. The number of carbonyl (C=O) groups excluding carboxylic acids is 1. The van der Waals surface area contributed by atoms with Crippen LogP contribution in [0.25, 0.3) is 0 Å². The van der Waals surface area contributed by atoms with Crippen molar-refractivity contribution < 1.29 is 4.79 Å². The third-order valence-corrected chi connectivity index (χ3v) is 3.36. The Kier molecular flexibility index (Phi) is 2.68. The molecule has 3 N–H and O–H groups in total. The molecule has 2 heterocycles. The normalized spacial score (nSPS) is 28.3. The minimum Gasteiger partial charge on any atom is -0.359 e. The molecule has 4 heteroatoms. The molecule has 0 aromatic rings. The SMILES string of the molecule is C=C1CC2=CCC(C#CC3NC(=O)NC3=C)C=C2N1. The van der Waals surface area contributed by atoms with Gasteiger partial charge in [0.05, 0.1) is 0 Å². The van der Waals surface area contributed by atoms with Crippen LogP contribution in [0, 0.1) is 17.8 Å². The predicted octanol–water partition coefficient (Wildman–Crippen LogP) is 1.52. The molecule has 2 fully saturated rings. The quantitative estimate of drug-likeness (QED) is 0.573. The van der Waals surface area contributed by atoms with Gasteiger partial charge in [-0.25, -0.2) is 4.79 Å². The summed E-state index contributed by atoms with van der Waals surface area (Å²) in [6, 6.07) is -0.523. The monoisotopic (exact) mass is 253 g/mol. The van der Waals surface area contributed by atoms with Crippen LogP contribution in [0.2, 0.25) is 0 Å². The fourth-order valence-electron chi connectivity index (χ4n) is 2.40. The van der Waals surface area contributed by atoms with Crippen LogP contribution in [-0.2, 0) is 0 Å². The molecule has 3 rings (SSSR count). The Hall–Kier alpha value is -2.41. The summed E-state index contributed by atoms with van der Waals surface area (Å²) in [5.41, 5.74) is 4.09. The Morgan fingerprint density at radius 1 is 1.26 bits per heavy atom. The van der Waals surface area contributed by atoms with Crippen molar-refractivity contribution in [1.29, 1.82) is 0 Å². The summed E-state index contributed by atoms with van der Waals surface area (Å²) in [4.78, 5) is 11.1. The second-order valence-electron chi connectivity index (χ2n) is 4.90. The first-order valence-corrected chi connectivity index (χ1v) is 6.25. The van der Waals surface area contributed by atoms with Crippen molar-refractivity contribution in [2.75, 3.05) is 0 Å². The maximum atomic E-state index is 11.1. The molecule has 0 saturated carbocycles. The first-order valence-electron chi connectivity index (χ1n) is 6.25. The van der Waals surface area contributed by atoms with Crippen LogP contribution in [-0.4, -0.2) is 12.1 Å². The van der Waals surface area contributed by atoms with E-state index in [1.165, 1.54) is 5.57 Å². The van der Waals surface area contributed by atoms with Crippen molar-refractivity contribution >= 4 is 6.03 Å². The number of hydrogen-bond acceptors (Lipinski definition) is 2. The van der Waals surface area contributed by atoms with Gasteiger partial charge in [0.2, 0.25) is 0 Å². The van der Waals surface area contributed by atoms with Crippen molar-refractivity contribution in [1.82, 2.24) is 16.0 Å². The van der Waals surface area contributed by atoms with Crippen molar-refractivity contribution in [3.63, 3.8) is 0 Å². The molecule has 0 aromatic heterocycles. The highest BCUT2D eigenvalue weighted by atomic mass is 16.2. The molecule has 2 unspecified atom stereocenters. The van der Waals surface area contributed by atoms with Gasteiger partial charge in [0.25, 0.3) is 0 Å². The average Bonchev–Trinajstić information content (AvgIpc) is 2.87. The van der Waals surface area contributed by atoms with Crippen LogP contribution in [0.3, 0.4) is 0 Å². The molecule has 0 spiro atoms. The largest absolute Gasteiger partial charge is 0.359 e. The molecule has 96 valence electrons. The number of carbonyl (C=O) groups is 1. The molecule has 0 bridgehead atoms. The van der Waals surface area contributed by atoms with Gasteiger partial charge in [-0.05, 0) is 18.1 Å². The number of amides is 2. The van der Waals surface area contributed by atoms with Crippen molar-refractivity contribution in [2.45, 2.75) is 18.9 Å². The van der Waals surface area contributed by atoms with Crippen LogP contribution >= 0.6 is 0 Å². The third-order valence-electron chi connectivity index (χ3n) is 3.36. The second-order valence-corrected chi connectivity index (χ2v) is 4.90. The number of nitrogens with one attached hydrogen (secondary N) is 3. The molecule has 0 aromatic carbocycles. The standard InChI is InChI=1S/C15H15N3O/c1-9-7-12-5-3-11(8-14(12)16-9)4-6-13-10(2)17-15(19)18-13/h5,8,11,13,16H,1-3,7H2,(H2,17,18,19). The highest BCUT2D eigenvalue weighted by molar-refractivity contribution is 5.81. The van der Waals surface area contributed by atoms with E-state index in [9.17, 15) is 4.79 Å². The Labute approximate surface area is 112 Å². The fourth-order valence-corrected chi connectivity index (χ4v) is 2.40. The summed E-state index contributed by atoms with van der Waals surface area (Å²) < 4.78 is 0. The van der Waals surface area contributed by atoms with Gasteiger partial charge in [-0.2, -0.15) is 0 Å². The van der Waals surface area contributed by atoms with E-state index in [-0.39, 0.29) is 18.0 Å². The van der Waals surface area contributed by atoms with Gasteiger partial charge < -0.3 is 16.0 Å². The zero-order valence-electron chi connectivity index (χ0n) is 10.5. The number of allylic oxidation sites excluding steroid dienone is 4. The zero-order valence-corrected chi connectivity index (χ0v) is 10.5. The Morgan fingerprint density at radius 3 is 2.84 bits per heavy atom. The summed E-state index contributed by atoms with van der Waals surface area (Å²) in [5.74, 6) is 6.41. The lowest BCUT2D eigenvalue weighted by molar-refractivity contribution is 0.248. The van der Waals surface area contributed by atoms with Crippen LogP contribution in [0.4, 0.5) is 4.79 Å². The molecule has 3 aliphatic rings. The minimum atomic E-state index is -0.289. The lowest BCUT2D eigenvalue weighted by Crippen LogP contribution is -2.25. The van der Waals surface area contributed by atoms with E-state index in [1.54, 1.807) is 0 Å². The van der Waals surface area contributed by atoms with Crippen LogP contribution in [0.1, 0.15) is 12.8 Å². The molecule has 2 aliphatic heterocycles. The first-order chi connectivity index (χ1) is 9.11. The number of fused-ring (bicyclic) bond motifs is 1. The Morgan fingerprint density at radius 2 is 2.11 bits per heavy atom. The van der Waals surface area contributed by atoms with Crippen molar-refractivity contribution in [2.24, 2.45) is 5.92 Å². The van der Waals surface area contributed by atoms with Gasteiger partial charge in [-0.15, -0.1) is 0 Å². The number of hydrogen-bond donors (Lipinski definition) is 3. The van der Waals surface area contributed by atoms with E-state index in [0.717, 1.165) is 24.2 Å². The molecule has 4 nitrogen and oxygen atoms in total. The highest BCUT2D eigenvalue weighted by Crippen LogP contribution is 2.30. The molecule has 0 radical (unpaired) electrons. The molecule has 2 atom stereocenters. The lowest BCUT2D eigenvalue weighted by Gasteiger charge is -2.12. The van der Waals surface area contributed by atoms with Gasteiger partial charge >= 0.3 is 6.03 Å². The van der Waals surface area contributed by atoms with Crippen LogP contribution in [0.15, 0.2) is 48.0 Å². The van der Waals surface area contributed by atoms with Gasteiger partial charge in [0, 0.05) is 29.4 Å². The topological polar surface area (TPSA) is 53.2 Å². The summed E-state index contributed by atoms with van der Waals surface area (Å²) >= 11 is 0. The number of rotatable bonds is 0. The summed E-state index contributed by atoms with van der Waals surface area (Å²) in [6.45, 7) is 7.70. The Balaban J connectivity index is 1.72. The van der Waals surface area contributed by atoms with Gasteiger partial charge in [0.15, 0.2) is 0 Å². The fraction of sp³-hybridized carbons (Fsp3) is 0.267. The van der Waals surface area contributed by atoms with Crippen molar-refractivity contribution in [3.8, 4) is 11.8 Å². The number of urea groups is 1. The van der Waals surface area contributed by atoms with Crippen LogP contribution < -0.4 is 16.0 Å². The minimum absolute atomic E-state index is 0.169. The zero-order chi connectivity index (χ0) is 13.4. The van der Waals surface area contributed by atoms with E-state index in [4.69, 9.17) is 0 Å². The maximum Gasteiger partial charge on any atom is 0.320 e. The average molecular weight is 253 g/mol. The molecule has 2 saturated heterocycles. The molecule has 19 heavy (non-hydrogen) atoms. The molecular formula is C15H15N3O. The van der Waals surface area contributed by atoms with E-state index in [0.29, 0.717) is 5.70 Å². The van der Waals surface area contributed by atoms with E-state index < -0.39 is 0 Å². The van der Waals surface area contributed by atoms with Gasteiger partial charge in [0.1, 0.15) is 6.04 Å². The lowest BCUT2D eigenvalue weighted by atomic mass is 9.94. The second kappa shape index (κ2) is 4.36. The van der Waals surface area contributed by atoms with E-state index in [1.807, 2.05) is 0 Å². The van der Waals surface area contributed by atoms with E-state index in [2.05, 4.69) is 53.1 Å². The van der Waals surface area contributed by atoms with E-state index >= 15 is 0 Å². The third kappa shape index (κ3) is 2.27.